The first-order valence-corrected chi connectivity index (χ1v) is 7.13. The summed E-state index contributed by atoms with van der Waals surface area (Å²) in [6.07, 6.45) is -0.146. The van der Waals surface area contributed by atoms with Crippen LogP contribution in [0, 0.1) is 6.92 Å². The van der Waals surface area contributed by atoms with E-state index < -0.39 is 12.0 Å². The first kappa shape index (κ1) is 16.4. The van der Waals surface area contributed by atoms with Crippen LogP contribution in [0.2, 0.25) is 0 Å². The second-order valence-corrected chi connectivity index (χ2v) is 4.94. The van der Waals surface area contributed by atoms with E-state index in [9.17, 15) is 14.7 Å². The summed E-state index contributed by atoms with van der Waals surface area (Å²) in [4.78, 5) is 23.3. The van der Waals surface area contributed by atoms with E-state index in [1.54, 1.807) is 0 Å². The summed E-state index contributed by atoms with van der Waals surface area (Å²) in [5.41, 5.74) is 6.83. The van der Waals surface area contributed by atoms with Crippen molar-refractivity contribution < 1.29 is 19.4 Å². The van der Waals surface area contributed by atoms with Crippen molar-refractivity contribution in [3.05, 3.63) is 65.2 Å². The Labute approximate surface area is 134 Å². The molecular weight excluding hydrogens is 296 g/mol. The summed E-state index contributed by atoms with van der Waals surface area (Å²) in [7, 11) is 0. The standard InChI is InChI=1S/C17H18N2O4/c1-12-5-2-3-6-13(12)9-10-23-17(22)19-18-16(21)14-7-4-8-15(20)11-14/h2-8,11,20H,9-10H2,1H3,(H,18,21)(H,19,22). The van der Waals surface area contributed by atoms with E-state index in [0.29, 0.717) is 6.42 Å². The second-order valence-electron chi connectivity index (χ2n) is 4.94. The molecule has 0 aromatic heterocycles. The fourth-order valence-corrected chi connectivity index (χ4v) is 2.01. The number of phenols is 1. The van der Waals surface area contributed by atoms with Crippen molar-refractivity contribution in [3.8, 4) is 5.75 Å². The molecule has 0 heterocycles. The number of hydrazine groups is 1. The number of aromatic hydroxyl groups is 1. The van der Waals surface area contributed by atoms with Gasteiger partial charge in [0.2, 0.25) is 0 Å². The van der Waals surface area contributed by atoms with Crippen LogP contribution in [0.4, 0.5) is 4.79 Å². The Morgan fingerprint density at radius 1 is 1.09 bits per heavy atom. The smallest absolute Gasteiger partial charge is 0.426 e. The molecule has 3 N–H and O–H groups in total. The largest absolute Gasteiger partial charge is 0.508 e. The summed E-state index contributed by atoms with van der Waals surface area (Å²) >= 11 is 0. The predicted molar refractivity (Wildman–Crippen MR) is 84.9 cm³/mol. The number of aryl methyl sites for hydroxylation is 1. The van der Waals surface area contributed by atoms with Crippen molar-refractivity contribution in [2.24, 2.45) is 0 Å². The van der Waals surface area contributed by atoms with E-state index in [-0.39, 0.29) is 17.9 Å². The third-order valence-corrected chi connectivity index (χ3v) is 3.25. The summed E-state index contributed by atoms with van der Waals surface area (Å²) in [5, 5.41) is 9.29. The summed E-state index contributed by atoms with van der Waals surface area (Å²) in [5.74, 6) is -0.574. The van der Waals surface area contributed by atoms with Gasteiger partial charge < -0.3 is 9.84 Å². The van der Waals surface area contributed by atoms with Crippen molar-refractivity contribution >= 4 is 12.0 Å². The topological polar surface area (TPSA) is 87.7 Å². The number of rotatable bonds is 4. The highest BCUT2D eigenvalue weighted by molar-refractivity contribution is 5.95. The lowest BCUT2D eigenvalue weighted by Crippen LogP contribution is -2.42. The van der Waals surface area contributed by atoms with Crippen LogP contribution in [0.25, 0.3) is 0 Å². The molecule has 6 heteroatoms. The second kappa shape index (κ2) is 7.84. The number of hydrogen-bond acceptors (Lipinski definition) is 4. The molecule has 2 aromatic rings. The number of amides is 2. The van der Waals surface area contributed by atoms with E-state index in [1.165, 1.54) is 24.3 Å². The summed E-state index contributed by atoms with van der Waals surface area (Å²) < 4.78 is 5.00. The Balaban J connectivity index is 1.73. The fourth-order valence-electron chi connectivity index (χ4n) is 2.01. The molecule has 120 valence electrons. The molecule has 0 unspecified atom stereocenters. The molecule has 6 nitrogen and oxygen atoms in total. The van der Waals surface area contributed by atoms with Gasteiger partial charge in [0.1, 0.15) is 5.75 Å². The highest BCUT2D eigenvalue weighted by atomic mass is 16.6. The van der Waals surface area contributed by atoms with Gasteiger partial charge in [0.25, 0.3) is 5.91 Å². The molecule has 0 aliphatic carbocycles. The first-order valence-electron chi connectivity index (χ1n) is 7.13. The van der Waals surface area contributed by atoms with Crippen molar-refractivity contribution in [1.82, 2.24) is 10.9 Å². The zero-order valence-corrected chi connectivity index (χ0v) is 12.7. The molecule has 0 saturated heterocycles. The molecule has 0 aliphatic heterocycles. The molecular formula is C17H18N2O4. The molecule has 0 atom stereocenters. The quantitative estimate of drug-likeness (QED) is 0.756. The lowest BCUT2D eigenvalue weighted by Gasteiger charge is -2.09. The fraction of sp³-hybridized carbons (Fsp3) is 0.176. The van der Waals surface area contributed by atoms with Gasteiger partial charge in [-0.2, -0.15) is 0 Å². The zero-order valence-electron chi connectivity index (χ0n) is 12.7. The molecule has 2 aromatic carbocycles. The highest BCUT2D eigenvalue weighted by Crippen LogP contribution is 2.10. The third kappa shape index (κ3) is 5.03. The van der Waals surface area contributed by atoms with Gasteiger partial charge in [-0.05, 0) is 36.2 Å². The Morgan fingerprint density at radius 3 is 2.61 bits per heavy atom. The van der Waals surface area contributed by atoms with Crippen LogP contribution in [-0.2, 0) is 11.2 Å². The Bertz CT molecular complexity index is 700. The maximum atomic E-state index is 11.7. The first-order chi connectivity index (χ1) is 11.1. The van der Waals surface area contributed by atoms with Gasteiger partial charge in [-0.1, -0.05) is 30.3 Å². The van der Waals surface area contributed by atoms with Gasteiger partial charge in [-0.25, -0.2) is 10.2 Å². The number of carbonyl (C=O) groups is 2. The molecule has 0 radical (unpaired) electrons. The van der Waals surface area contributed by atoms with Crippen molar-refractivity contribution in [2.45, 2.75) is 13.3 Å². The Hall–Kier alpha value is -3.02. The van der Waals surface area contributed by atoms with Gasteiger partial charge in [0.05, 0.1) is 6.61 Å². The minimum absolute atomic E-state index is 0.0292. The minimum atomic E-state index is -0.743. The van der Waals surface area contributed by atoms with Crippen LogP contribution < -0.4 is 10.9 Å². The van der Waals surface area contributed by atoms with E-state index in [1.807, 2.05) is 31.2 Å². The Kier molecular flexibility index (Phi) is 5.57. The Morgan fingerprint density at radius 2 is 1.87 bits per heavy atom. The molecule has 0 saturated carbocycles. The van der Waals surface area contributed by atoms with Crippen LogP contribution in [0.3, 0.4) is 0 Å². The molecule has 2 rings (SSSR count). The van der Waals surface area contributed by atoms with Crippen molar-refractivity contribution in [3.63, 3.8) is 0 Å². The normalized spacial score (nSPS) is 9.96. The molecule has 0 spiro atoms. The van der Waals surface area contributed by atoms with Crippen LogP contribution in [-0.4, -0.2) is 23.7 Å². The number of ether oxygens (including phenoxy) is 1. The SMILES string of the molecule is Cc1ccccc1CCOC(=O)NNC(=O)c1cccc(O)c1. The molecule has 23 heavy (non-hydrogen) atoms. The average Bonchev–Trinajstić information content (AvgIpc) is 2.54. The van der Waals surface area contributed by atoms with Gasteiger partial charge in [-0.3, -0.25) is 10.2 Å². The van der Waals surface area contributed by atoms with E-state index >= 15 is 0 Å². The van der Waals surface area contributed by atoms with Crippen molar-refractivity contribution in [1.29, 1.82) is 0 Å². The van der Waals surface area contributed by atoms with Gasteiger partial charge in [0.15, 0.2) is 0 Å². The molecule has 2 amide bonds. The summed E-state index contributed by atoms with van der Waals surface area (Å²) in [6.45, 7) is 2.20. The number of phenolic OH excluding ortho intramolecular Hbond substituents is 1. The van der Waals surface area contributed by atoms with E-state index in [2.05, 4.69) is 10.9 Å². The monoisotopic (exact) mass is 314 g/mol. The van der Waals surface area contributed by atoms with E-state index in [0.717, 1.165) is 11.1 Å². The van der Waals surface area contributed by atoms with Crippen LogP contribution in [0.15, 0.2) is 48.5 Å². The van der Waals surface area contributed by atoms with Crippen molar-refractivity contribution in [2.75, 3.05) is 6.61 Å². The number of nitrogens with one attached hydrogen (secondary N) is 2. The van der Waals surface area contributed by atoms with Gasteiger partial charge >= 0.3 is 6.09 Å². The van der Waals surface area contributed by atoms with E-state index in [4.69, 9.17) is 4.74 Å². The molecule has 0 aliphatic rings. The molecule has 0 bridgehead atoms. The average molecular weight is 314 g/mol. The lowest BCUT2D eigenvalue weighted by atomic mass is 10.1. The van der Waals surface area contributed by atoms with Gasteiger partial charge in [-0.15, -0.1) is 0 Å². The van der Waals surface area contributed by atoms with Crippen LogP contribution >= 0.6 is 0 Å². The maximum Gasteiger partial charge on any atom is 0.426 e. The van der Waals surface area contributed by atoms with Crippen LogP contribution in [0.5, 0.6) is 5.75 Å². The van der Waals surface area contributed by atoms with Crippen LogP contribution in [0.1, 0.15) is 21.5 Å². The number of carbonyl (C=O) groups excluding carboxylic acids is 2. The number of benzene rings is 2. The molecule has 0 fully saturated rings. The minimum Gasteiger partial charge on any atom is -0.508 e. The maximum absolute atomic E-state index is 11.7. The highest BCUT2D eigenvalue weighted by Gasteiger charge is 2.08. The zero-order chi connectivity index (χ0) is 16.7. The third-order valence-electron chi connectivity index (χ3n) is 3.25. The summed E-state index contributed by atoms with van der Waals surface area (Å²) in [6, 6.07) is 13.6. The predicted octanol–water partition coefficient (Wildman–Crippen LogP) is 2.31. The number of hydrogen-bond donors (Lipinski definition) is 3. The lowest BCUT2D eigenvalue weighted by molar-refractivity contribution is 0.0910. The van der Waals surface area contributed by atoms with Gasteiger partial charge in [0, 0.05) is 12.0 Å².